The van der Waals surface area contributed by atoms with Crippen molar-refractivity contribution in [2.24, 2.45) is 4.99 Å². The van der Waals surface area contributed by atoms with Gasteiger partial charge in [-0.1, -0.05) is 23.7 Å². The summed E-state index contributed by atoms with van der Waals surface area (Å²) in [6.07, 6.45) is 1.44. The van der Waals surface area contributed by atoms with Gasteiger partial charge in [0.15, 0.2) is 5.03 Å². The van der Waals surface area contributed by atoms with Gasteiger partial charge in [-0.15, -0.1) is 0 Å². The second-order valence-corrected chi connectivity index (χ2v) is 8.96. The van der Waals surface area contributed by atoms with Crippen molar-refractivity contribution in [3.8, 4) is 5.69 Å². The monoisotopic (exact) mass is 418 g/mol. The van der Waals surface area contributed by atoms with Gasteiger partial charge < -0.3 is 0 Å². The van der Waals surface area contributed by atoms with E-state index >= 15 is 0 Å². The Kier molecular flexibility index (Phi) is 4.57. The van der Waals surface area contributed by atoms with E-state index in [4.69, 9.17) is 11.6 Å². The topological polar surface area (TPSA) is 67.6 Å². The van der Waals surface area contributed by atoms with Crippen LogP contribution in [0.5, 0.6) is 0 Å². The Balaban J connectivity index is 2.00. The van der Waals surface area contributed by atoms with Gasteiger partial charge in [0.05, 0.1) is 23.6 Å². The fourth-order valence-electron chi connectivity index (χ4n) is 3.13. The standard InChI is InChI=1S/C19H16ClFN4O2S/c1-24(2)28(26,27)19-17-10-22-18(13-5-3-4-6-15(13)21)14-9-12(20)7-8-16(14)25(17)11-23-19/h3-9,11H,10H2,1-2H3. The average molecular weight is 419 g/mol. The van der Waals surface area contributed by atoms with Crippen molar-refractivity contribution >= 4 is 27.3 Å². The smallest absolute Gasteiger partial charge is 0.261 e. The lowest BCUT2D eigenvalue weighted by molar-refractivity contribution is 0.516. The number of benzene rings is 2. The summed E-state index contributed by atoms with van der Waals surface area (Å²) in [7, 11) is -0.872. The molecule has 0 saturated heterocycles. The number of halogens is 2. The van der Waals surface area contributed by atoms with E-state index in [0.717, 1.165) is 4.31 Å². The van der Waals surface area contributed by atoms with Crippen LogP contribution >= 0.6 is 11.6 Å². The molecule has 1 aromatic heterocycles. The normalized spacial score (nSPS) is 13.7. The fourth-order valence-corrected chi connectivity index (χ4v) is 4.29. The van der Waals surface area contributed by atoms with Crippen molar-refractivity contribution in [2.45, 2.75) is 11.6 Å². The Morgan fingerprint density at radius 3 is 2.61 bits per heavy atom. The molecule has 0 N–H and O–H groups in total. The molecule has 0 fully saturated rings. The van der Waals surface area contributed by atoms with Crippen molar-refractivity contribution in [1.29, 1.82) is 0 Å². The number of nitrogens with zero attached hydrogens (tertiary/aromatic N) is 4. The molecule has 9 heteroatoms. The molecule has 0 saturated carbocycles. The zero-order valence-electron chi connectivity index (χ0n) is 15.1. The lowest BCUT2D eigenvalue weighted by Crippen LogP contribution is -2.24. The molecule has 6 nitrogen and oxygen atoms in total. The van der Waals surface area contributed by atoms with Gasteiger partial charge in [0.25, 0.3) is 10.0 Å². The Morgan fingerprint density at radius 1 is 1.14 bits per heavy atom. The van der Waals surface area contributed by atoms with Crippen LogP contribution in [-0.4, -0.2) is 42.1 Å². The molecule has 3 aromatic rings. The van der Waals surface area contributed by atoms with E-state index in [2.05, 4.69) is 9.98 Å². The highest BCUT2D eigenvalue weighted by Gasteiger charge is 2.29. The highest BCUT2D eigenvalue weighted by molar-refractivity contribution is 7.89. The summed E-state index contributed by atoms with van der Waals surface area (Å²) in [5, 5.41) is 0.393. The quantitative estimate of drug-likeness (QED) is 0.655. The number of aromatic nitrogens is 2. The summed E-state index contributed by atoms with van der Waals surface area (Å²) >= 11 is 6.19. The van der Waals surface area contributed by atoms with Crippen LogP contribution in [-0.2, 0) is 16.6 Å². The summed E-state index contributed by atoms with van der Waals surface area (Å²) in [6.45, 7) is 0.0262. The van der Waals surface area contributed by atoms with Gasteiger partial charge in [-0.05, 0) is 30.3 Å². The maximum absolute atomic E-state index is 14.5. The molecule has 2 heterocycles. The van der Waals surface area contributed by atoms with Gasteiger partial charge in [-0.2, -0.15) is 0 Å². The molecule has 2 aromatic carbocycles. The van der Waals surface area contributed by atoms with Gasteiger partial charge in [0.2, 0.25) is 0 Å². The van der Waals surface area contributed by atoms with Crippen LogP contribution < -0.4 is 0 Å². The SMILES string of the molecule is CN(C)S(=O)(=O)c1ncn2c1CN=C(c1ccccc1F)c1cc(Cl)ccc1-2. The molecular formula is C19H16ClFN4O2S. The Morgan fingerprint density at radius 2 is 1.89 bits per heavy atom. The Bertz CT molecular complexity index is 1220. The van der Waals surface area contributed by atoms with Crippen LogP contribution in [0.25, 0.3) is 5.69 Å². The number of aliphatic imine (C=N–C) groups is 1. The van der Waals surface area contributed by atoms with Crippen LogP contribution in [0.3, 0.4) is 0 Å². The van der Waals surface area contributed by atoms with Gasteiger partial charge in [0, 0.05) is 30.2 Å². The summed E-state index contributed by atoms with van der Waals surface area (Å²) in [5.41, 5.74) is 2.37. The first-order valence-corrected chi connectivity index (χ1v) is 10.2. The van der Waals surface area contributed by atoms with Crippen molar-refractivity contribution in [1.82, 2.24) is 13.9 Å². The van der Waals surface area contributed by atoms with E-state index in [1.807, 2.05) is 0 Å². The third-order valence-corrected chi connectivity index (χ3v) is 6.57. The van der Waals surface area contributed by atoms with Crippen LogP contribution in [0.2, 0.25) is 5.02 Å². The molecule has 4 rings (SSSR count). The number of rotatable bonds is 3. The first-order chi connectivity index (χ1) is 13.3. The number of imidazole rings is 1. The maximum Gasteiger partial charge on any atom is 0.261 e. The average Bonchev–Trinajstić information content (AvgIpc) is 3.01. The minimum absolute atomic E-state index is 0.0262. The van der Waals surface area contributed by atoms with E-state index in [9.17, 15) is 12.8 Å². The van der Waals surface area contributed by atoms with Crippen molar-refractivity contribution in [3.05, 3.63) is 76.5 Å². The van der Waals surface area contributed by atoms with E-state index in [-0.39, 0.29) is 11.6 Å². The van der Waals surface area contributed by atoms with Crippen LogP contribution in [0, 0.1) is 5.82 Å². The maximum atomic E-state index is 14.5. The van der Waals surface area contributed by atoms with Gasteiger partial charge in [-0.25, -0.2) is 22.1 Å². The van der Waals surface area contributed by atoms with Crippen molar-refractivity contribution in [3.63, 3.8) is 0 Å². The lowest BCUT2D eigenvalue weighted by Gasteiger charge is -2.13. The van der Waals surface area contributed by atoms with Gasteiger partial charge >= 0.3 is 0 Å². The number of hydrogen-bond acceptors (Lipinski definition) is 4. The summed E-state index contributed by atoms with van der Waals surface area (Å²) < 4.78 is 42.6. The van der Waals surface area contributed by atoms with Gasteiger partial charge in [0.1, 0.15) is 12.1 Å². The largest absolute Gasteiger partial charge is 0.299 e. The number of hydrogen-bond donors (Lipinski definition) is 0. The summed E-state index contributed by atoms with van der Waals surface area (Å²) in [4.78, 5) is 8.68. The van der Waals surface area contributed by atoms with Gasteiger partial charge in [-0.3, -0.25) is 9.56 Å². The molecule has 0 aliphatic carbocycles. The van der Waals surface area contributed by atoms with E-state index in [0.29, 0.717) is 33.2 Å². The summed E-state index contributed by atoms with van der Waals surface area (Å²) in [5.74, 6) is -0.419. The minimum atomic E-state index is -3.76. The second kappa shape index (κ2) is 6.80. The molecule has 1 aliphatic rings. The summed E-state index contributed by atoms with van der Waals surface area (Å²) in [6, 6.07) is 11.4. The highest BCUT2D eigenvalue weighted by Crippen LogP contribution is 2.31. The molecule has 0 spiro atoms. The zero-order chi connectivity index (χ0) is 20.1. The van der Waals surface area contributed by atoms with E-state index in [1.165, 1.54) is 26.5 Å². The zero-order valence-corrected chi connectivity index (χ0v) is 16.7. The third-order valence-electron chi connectivity index (χ3n) is 4.54. The van der Waals surface area contributed by atoms with Crippen LogP contribution in [0.1, 0.15) is 16.8 Å². The predicted octanol–water partition coefficient (Wildman–Crippen LogP) is 3.27. The molecule has 0 amide bonds. The number of sulfonamides is 1. The first kappa shape index (κ1) is 18.8. The minimum Gasteiger partial charge on any atom is -0.299 e. The lowest BCUT2D eigenvalue weighted by atomic mass is 10.00. The molecule has 0 bridgehead atoms. The molecule has 1 aliphatic heterocycles. The first-order valence-electron chi connectivity index (χ1n) is 8.39. The fraction of sp³-hybridized carbons (Fsp3) is 0.158. The highest BCUT2D eigenvalue weighted by atomic mass is 35.5. The predicted molar refractivity (Wildman–Crippen MR) is 105 cm³/mol. The van der Waals surface area contributed by atoms with Crippen molar-refractivity contribution in [2.75, 3.05) is 14.1 Å². The van der Waals surface area contributed by atoms with Crippen molar-refractivity contribution < 1.29 is 12.8 Å². The Labute approximate surface area is 167 Å². The third kappa shape index (κ3) is 2.94. The van der Waals surface area contributed by atoms with Crippen LogP contribution in [0.15, 0.2) is 58.8 Å². The van der Waals surface area contributed by atoms with E-state index < -0.39 is 15.8 Å². The molecule has 0 atom stereocenters. The van der Waals surface area contributed by atoms with Crippen LogP contribution in [0.4, 0.5) is 4.39 Å². The molecule has 28 heavy (non-hydrogen) atoms. The second-order valence-electron chi connectivity index (χ2n) is 6.46. The van der Waals surface area contributed by atoms with E-state index in [1.54, 1.807) is 41.0 Å². The number of fused-ring (bicyclic) bond motifs is 3. The Hall–Kier alpha value is -2.55. The molecule has 0 radical (unpaired) electrons. The molecular weight excluding hydrogens is 403 g/mol. The molecule has 144 valence electrons. The molecule has 0 unspecified atom stereocenters.